The molecular formula is C13H18FN. The molecule has 0 aliphatic heterocycles. The molecule has 2 heteroatoms. The number of hydrogen-bond donors (Lipinski definition) is 1. The molecule has 2 N–H and O–H groups in total. The number of rotatable bonds is 1. The highest BCUT2D eigenvalue weighted by molar-refractivity contribution is 5.41. The molecule has 0 saturated heterocycles. The first-order valence-electron chi connectivity index (χ1n) is 5.71. The Kier molecular flexibility index (Phi) is 2.94. The first kappa shape index (κ1) is 10.5. The smallest absolute Gasteiger partial charge is 0.128 e. The van der Waals surface area contributed by atoms with E-state index in [0.29, 0.717) is 11.6 Å². The molecule has 0 spiro atoms. The molecule has 2 rings (SSSR count). The van der Waals surface area contributed by atoms with Crippen molar-refractivity contribution in [1.82, 2.24) is 0 Å². The first-order valence-corrected chi connectivity index (χ1v) is 5.71. The monoisotopic (exact) mass is 207 g/mol. The van der Waals surface area contributed by atoms with Crippen LogP contribution >= 0.6 is 0 Å². The van der Waals surface area contributed by atoms with Crippen LogP contribution in [0.2, 0.25) is 0 Å². The van der Waals surface area contributed by atoms with E-state index >= 15 is 0 Å². The molecule has 0 amide bonds. The molecule has 0 heterocycles. The minimum absolute atomic E-state index is 0.130. The van der Waals surface area contributed by atoms with E-state index in [-0.39, 0.29) is 5.82 Å². The summed E-state index contributed by atoms with van der Waals surface area (Å²) in [6, 6.07) is 5.09. The van der Waals surface area contributed by atoms with Crippen LogP contribution in [-0.2, 0) is 0 Å². The van der Waals surface area contributed by atoms with Gasteiger partial charge in [0.05, 0.1) is 0 Å². The van der Waals surface area contributed by atoms with E-state index in [9.17, 15) is 4.39 Å². The van der Waals surface area contributed by atoms with Gasteiger partial charge in [0, 0.05) is 5.69 Å². The third-order valence-electron chi connectivity index (χ3n) is 3.48. The van der Waals surface area contributed by atoms with Crippen molar-refractivity contribution in [1.29, 1.82) is 0 Å². The molecule has 0 atom stereocenters. The van der Waals surface area contributed by atoms with Gasteiger partial charge >= 0.3 is 0 Å². The van der Waals surface area contributed by atoms with E-state index in [1.807, 2.05) is 6.07 Å². The third-order valence-corrected chi connectivity index (χ3v) is 3.48. The zero-order valence-corrected chi connectivity index (χ0v) is 9.17. The average molecular weight is 207 g/mol. The van der Waals surface area contributed by atoms with Crippen LogP contribution in [0.3, 0.4) is 0 Å². The highest BCUT2D eigenvalue weighted by Crippen LogP contribution is 2.36. The number of anilines is 1. The molecule has 82 valence electrons. The van der Waals surface area contributed by atoms with Crippen LogP contribution in [0.25, 0.3) is 0 Å². The Bertz CT molecular complexity index is 340. The van der Waals surface area contributed by atoms with Gasteiger partial charge in [0.15, 0.2) is 0 Å². The fraction of sp³-hybridized carbons (Fsp3) is 0.538. The van der Waals surface area contributed by atoms with Gasteiger partial charge in [0.2, 0.25) is 0 Å². The van der Waals surface area contributed by atoms with Crippen molar-refractivity contribution >= 4 is 5.69 Å². The molecule has 1 aromatic carbocycles. The van der Waals surface area contributed by atoms with Gasteiger partial charge in [-0.25, -0.2) is 4.39 Å². The van der Waals surface area contributed by atoms with Gasteiger partial charge in [-0.3, -0.25) is 0 Å². The fourth-order valence-corrected chi connectivity index (χ4v) is 2.45. The second kappa shape index (κ2) is 4.21. The van der Waals surface area contributed by atoms with Crippen molar-refractivity contribution in [3.05, 3.63) is 29.6 Å². The quantitative estimate of drug-likeness (QED) is 0.698. The van der Waals surface area contributed by atoms with Crippen molar-refractivity contribution in [2.45, 2.75) is 38.5 Å². The highest BCUT2D eigenvalue weighted by atomic mass is 19.1. The van der Waals surface area contributed by atoms with Gasteiger partial charge in [-0.2, -0.15) is 0 Å². The van der Waals surface area contributed by atoms with Gasteiger partial charge in [-0.15, -0.1) is 0 Å². The molecule has 0 aromatic heterocycles. The van der Waals surface area contributed by atoms with Crippen LogP contribution in [0.15, 0.2) is 18.2 Å². The van der Waals surface area contributed by atoms with Crippen LogP contribution in [-0.4, -0.2) is 0 Å². The van der Waals surface area contributed by atoms with Gasteiger partial charge in [0.1, 0.15) is 5.82 Å². The zero-order valence-electron chi connectivity index (χ0n) is 9.17. The molecular weight excluding hydrogens is 189 g/mol. The predicted octanol–water partition coefficient (Wildman–Crippen LogP) is 3.70. The third kappa shape index (κ3) is 2.31. The molecule has 15 heavy (non-hydrogen) atoms. The van der Waals surface area contributed by atoms with E-state index < -0.39 is 0 Å². The number of benzene rings is 1. The Morgan fingerprint density at radius 3 is 2.47 bits per heavy atom. The van der Waals surface area contributed by atoms with E-state index in [0.717, 1.165) is 24.3 Å². The fourth-order valence-electron chi connectivity index (χ4n) is 2.45. The summed E-state index contributed by atoms with van der Waals surface area (Å²) in [5, 5.41) is 0. The molecule has 0 unspecified atom stereocenters. The summed E-state index contributed by atoms with van der Waals surface area (Å²) in [6.07, 6.45) is 4.66. The summed E-state index contributed by atoms with van der Waals surface area (Å²) < 4.78 is 13.7. The molecule has 1 fully saturated rings. The Morgan fingerprint density at radius 2 is 1.87 bits per heavy atom. The van der Waals surface area contributed by atoms with Crippen molar-refractivity contribution in [2.24, 2.45) is 5.92 Å². The highest BCUT2D eigenvalue weighted by Gasteiger charge is 2.21. The van der Waals surface area contributed by atoms with Crippen molar-refractivity contribution < 1.29 is 4.39 Å². The number of halogens is 1. The van der Waals surface area contributed by atoms with Gasteiger partial charge in [-0.05, 0) is 42.4 Å². The maximum Gasteiger partial charge on any atom is 0.128 e. The number of nitrogens with two attached hydrogens (primary N) is 1. The van der Waals surface area contributed by atoms with Crippen molar-refractivity contribution in [3.63, 3.8) is 0 Å². The largest absolute Gasteiger partial charge is 0.399 e. The SMILES string of the molecule is CC1CCC(c2ccc(N)cc2F)CC1. The predicted molar refractivity (Wildman–Crippen MR) is 61.2 cm³/mol. The molecule has 1 nitrogen and oxygen atoms in total. The number of nitrogen functional groups attached to an aromatic ring is 1. The standard InChI is InChI=1S/C13H18FN/c1-9-2-4-10(5-3-9)12-7-6-11(15)8-13(12)14/h6-10H,2-5,15H2,1H3. The summed E-state index contributed by atoms with van der Waals surface area (Å²) in [5.41, 5.74) is 6.91. The van der Waals surface area contributed by atoms with E-state index in [4.69, 9.17) is 5.73 Å². The average Bonchev–Trinajstić information content (AvgIpc) is 2.20. The Hall–Kier alpha value is -1.05. The molecule has 1 aromatic rings. The van der Waals surface area contributed by atoms with Gasteiger partial charge in [-0.1, -0.05) is 25.8 Å². The number of hydrogen-bond acceptors (Lipinski definition) is 1. The van der Waals surface area contributed by atoms with Crippen LogP contribution < -0.4 is 5.73 Å². The lowest BCUT2D eigenvalue weighted by molar-refractivity contribution is 0.342. The normalized spacial score (nSPS) is 26.5. The van der Waals surface area contributed by atoms with E-state index in [1.54, 1.807) is 6.07 Å². The minimum Gasteiger partial charge on any atom is -0.399 e. The maximum atomic E-state index is 13.7. The van der Waals surface area contributed by atoms with Crippen molar-refractivity contribution in [3.8, 4) is 0 Å². The summed E-state index contributed by atoms with van der Waals surface area (Å²) >= 11 is 0. The Balaban J connectivity index is 2.15. The van der Waals surface area contributed by atoms with Crippen molar-refractivity contribution in [2.75, 3.05) is 5.73 Å². The van der Waals surface area contributed by atoms with Crippen LogP contribution in [0.1, 0.15) is 44.1 Å². The Morgan fingerprint density at radius 1 is 1.20 bits per heavy atom. The summed E-state index contributed by atoms with van der Waals surface area (Å²) in [4.78, 5) is 0. The summed E-state index contributed by atoms with van der Waals surface area (Å²) in [5.74, 6) is 1.08. The van der Waals surface area contributed by atoms with E-state index in [1.165, 1.54) is 18.9 Å². The molecule has 0 radical (unpaired) electrons. The molecule has 1 aliphatic carbocycles. The lowest BCUT2D eigenvalue weighted by Gasteiger charge is -2.26. The maximum absolute atomic E-state index is 13.7. The summed E-state index contributed by atoms with van der Waals surface area (Å²) in [7, 11) is 0. The first-order chi connectivity index (χ1) is 7.16. The van der Waals surface area contributed by atoms with Crippen LogP contribution in [0.4, 0.5) is 10.1 Å². The lowest BCUT2D eigenvalue weighted by atomic mass is 9.79. The summed E-state index contributed by atoms with van der Waals surface area (Å²) in [6.45, 7) is 2.27. The minimum atomic E-state index is -0.130. The zero-order chi connectivity index (χ0) is 10.8. The molecule has 1 aliphatic rings. The van der Waals surface area contributed by atoms with Gasteiger partial charge in [0.25, 0.3) is 0 Å². The van der Waals surface area contributed by atoms with Crippen LogP contribution in [0, 0.1) is 11.7 Å². The second-order valence-corrected chi connectivity index (χ2v) is 4.74. The second-order valence-electron chi connectivity index (χ2n) is 4.74. The Labute approximate surface area is 90.5 Å². The van der Waals surface area contributed by atoms with Gasteiger partial charge < -0.3 is 5.73 Å². The van der Waals surface area contributed by atoms with Crippen LogP contribution in [0.5, 0.6) is 0 Å². The van der Waals surface area contributed by atoms with E-state index in [2.05, 4.69) is 6.92 Å². The molecule has 0 bridgehead atoms. The molecule has 1 saturated carbocycles. The lowest BCUT2D eigenvalue weighted by Crippen LogP contribution is -2.12. The topological polar surface area (TPSA) is 26.0 Å².